The van der Waals surface area contributed by atoms with Crippen LogP contribution >= 0.6 is 23.2 Å². The number of rotatable bonds is 6. The summed E-state index contributed by atoms with van der Waals surface area (Å²) in [6.07, 6.45) is -3.88. The Hall–Kier alpha value is -2.53. The molecule has 1 aromatic heterocycles. The van der Waals surface area contributed by atoms with E-state index < -0.39 is 31.1 Å². The normalized spacial score (nSPS) is 24.4. The number of fused-ring (bicyclic) bond motifs is 2. The molecule has 0 saturated carbocycles. The monoisotopic (exact) mass is 505 g/mol. The van der Waals surface area contributed by atoms with Crippen molar-refractivity contribution < 1.29 is 29.6 Å². The number of aliphatic hydroxyl groups is 3. The highest BCUT2D eigenvalue weighted by Gasteiger charge is 2.44. The number of aliphatic hydroxyl groups excluding tert-OH is 3. The molecule has 11 heteroatoms. The van der Waals surface area contributed by atoms with E-state index in [2.05, 4.69) is 4.98 Å². The van der Waals surface area contributed by atoms with Crippen LogP contribution in [0, 0.1) is 0 Å². The minimum Gasteiger partial charge on any atom is -0.394 e. The maximum absolute atomic E-state index is 12.6. The van der Waals surface area contributed by atoms with Crippen LogP contribution in [0.25, 0.3) is 11.0 Å². The Balaban J connectivity index is 1.43. The number of hydrogen-bond acceptors (Lipinski definition) is 7. The number of aryl methyl sites for hydroxylation is 1. The highest BCUT2D eigenvalue weighted by molar-refractivity contribution is 6.42. The zero-order chi connectivity index (χ0) is 24.1. The van der Waals surface area contributed by atoms with Crippen molar-refractivity contribution in [3.05, 3.63) is 63.4 Å². The quantitative estimate of drug-likeness (QED) is 0.438. The Morgan fingerprint density at radius 2 is 1.65 bits per heavy atom. The summed E-state index contributed by atoms with van der Waals surface area (Å²) < 4.78 is 7.35. The second-order valence-electron chi connectivity index (χ2n) is 8.29. The van der Waals surface area contributed by atoms with Crippen LogP contribution in [0.2, 0.25) is 10.0 Å². The van der Waals surface area contributed by atoms with E-state index in [1.807, 2.05) is 0 Å². The molecule has 178 valence electrons. The fraction of sp³-hybridized carbons (Fsp3) is 0.348. The largest absolute Gasteiger partial charge is 0.394 e. The lowest BCUT2D eigenvalue weighted by atomic mass is 10.1. The molecule has 3 aromatic rings. The maximum Gasteiger partial charge on any atom is 0.261 e. The summed E-state index contributed by atoms with van der Waals surface area (Å²) in [6, 6.07) is 9.87. The molecule has 2 aromatic carbocycles. The molecule has 5 rings (SSSR count). The van der Waals surface area contributed by atoms with Crippen molar-refractivity contribution in [2.24, 2.45) is 0 Å². The SMILES string of the molecule is O=C1c2ccccc2C(=O)N1CCCc1nc2cc(Cl)c(Cl)cc2n1[C@@H]1O[C@H](CO)[C@@H](O)[C@H]1O. The van der Waals surface area contributed by atoms with E-state index in [0.717, 1.165) is 0 Å². The Morgan fingerprint density at radius 1 is 1.00 bits per heavy atom. The molecule has 0 radical (unpaired) electrons. The van der Waals surface area contributed by atoms with E-state index in [-0.39, 0.29) is 23.4 Å². The number of aromatic nitrogens is 2. The smallest absolute Gasteiger partial charge is 0.261 e. The number of hydrogen-bond donors (Lipinski definition) is 3. The van der Waals surface area contributed by atoms with Crippen LogP contribution in [0.5, 0.6) is 0 Å². The van der Waals surface area contributed by atoms with Gasteiger partial charge in [0, 0.05) is 13.0 Å². The van der Waals surface area contributed by atoms with Gasteiger partial charge in [0.15, 0.2) is 6.23 Å². The lowest BCUT2D eigenvalue weighted by molar-refractivity contribution is -0.0520. The Kier molecular flexibility index (Phi) is 6.09. The van der Waals surface area contributed by atoms with Crippen LogP contribution in [-0.4, -0.2) is 73.0 Å². The van der Waals surface area contributed by atoms with Crippen LogP contribution in [-0.2, 0) is 11.2 Å². The number of carbonyl (C=O) groups excluding carboxylic acids is 2. The molecule has 34 heavy (non-hydrogen) atoms. The number of imide groups is 1. The van der Waals surface area contributed by atoms with Crippen LogP contribution in [0.4, 0.5) is 0 Å². The molecule has 0 unspecified atom stereocenters. The van der Waals surface area contributed by atoms with E-state index in [1.165, 1.54) is 4.90 Å². The van der Waals surface area contributed by atoms with Crippen LogP contribution in [0.3, 0.4) is 0 Å². The molecule has 2 aliphatic heterocycles. The molecule has 4 atom stereocenters. The van der Waals surface area contributed by atoms with Crippen molar-refractivity contribution in [1.82, 2.24) is 14.5 Å². The molecule has 0 bridgehead atoms. The van der Waals surface area contributed by atoms with Gasteiger partial charge >= 0.3 is 0 Å². The fourth-order valence-corrected chi connectivity index (χ4v) is 4.85. The molecule has 9 nitrogen and oxygen atoms in total. The van der Waals surface area contributed by atoms with Crippen LogP contribution in [0.1, 0.15) is 39.2 Å². The highest BCUT2D eigenvalue weighted by atomic mass is 35.5. The number of nitrogens with zero attached hydrogens (tertiary/aromatic N) is 3. The number of carbonyl (C=O) groups is 2. The number of amides is 2. The molecular weight excluding hydrogens is 485 g/mol. The minimum atomic E-state index is -1.32. The summed E-state index contributed by atoms with van der Waals surface area (Å²) in [5.74, 6) is -0.188. The molecule has 0 spiro atoms. The van der Waals surface area contributed by atoms with Gasteiger partial charge in [-0.2, -0.15) is 0 Å². The van der Waals surface area contributed by atoms with E-state index in [4.69, 9.17) is 27.9 Å². The lowest BCUT2D eigenvalue weighted by Crippen LogP contribution is -2.33. The molecule has 3 N–H and O–H groups in total. The zero-order valence-corrected chi connectivity index (χ0v) is 19.3. The van der Waals surface area contributed by atoms with Crippen molar-refractivity contribution in [3.63, 3.8) is 0 Å². The first-order chi connectivity index (χ1) is 16.3. The van der Waals surface area contributed by atoms with Crippen LogP contribution in [0.15, 0.2) is 36.4 Å². The lowest BCUT2D eigenvalue weighted by Gasteiger charge is -2.20. The van der Waals surface area contributed by atoms with Gasteiger partial charge in [-0.3, -0.25) is 19.1 Å². The Morgan fingerprint density at radius 3 is 2.26 bits per heavy atom. The highest BCUT2D eigenvalue weighted by Crippen LogP contribution is 2.36. The predicted molar refractivity (Wildman–Crippen MR) is 123 cm³/mol. The molecular formula is C23H21Cl2N3O6. The fourth-order valence-electron chi connectivity index (χ4n) is 4.53. The summed E-state index contributed by atoms with van der Waals surface area (Å²) in [5, 5.41) is 30.9. The first kappa shape index (κ1) is 23.2. The Bertz CT molecular complexity index is 1260. The molecule has 0 aliphatic carbocycles. The van der Waals surface area contributed by atoms with E-state index in [9.17, 15) is 24.9 Å². The average molecular weight is 506 g/mol. The van der Waals surface area contributed by atoms with E-state index in [1.54, 1.807) is 41.0 Å². The summed E-state index contributed by atoms with van der Waals surface area (Å²) in [5.41, 5.74) is 1.80. The third-order valence-corrected chi connectivity index (χ3v) is 6.96. The third-order valence-electron chi connectivity index (χ3n) is 6.24. The van der Waals surface area contributed by atoms with Crippen molar-refractivity contribution in [3.8, 4) is 0 Å². The molecule has 2 aliphatic rings. The first-order valence-corrected chi connectivity index (χ1v) is 11.5. The molecule has 3 heterocycles. The van der Waals surface area contributed by atoms with Gasteiger partial charge in [0.05, 0.1) is 38.8 Å². The summed E-state index contributed by atoms with van der Waals surface area (Å²) in [4.78, 5) is 31.1. The maximum atomic E-state index is 12.6. The average Bonchev–Trinajstić information content (AvgIpc) is 3.40. The standard InChI is InChI=1S/C23H21Cl2N3O6/c24-13-8-15-16(9-14(13)25)28(23-20(31)19(30)17(10-29)34-23)18(26-15)6-3-7-27-21(32)11-4-1-2-5-12(11)22(27)33/h1-2,4-5,8-9,17,19-20,23,29-31H,3,6-7,10H2/t17-,19-,20-,23-/m1/s1. The van der Waals surface area contributed by atoms with Gasteiger partial charge < -0.3 is 20.1 Å². The third kappa shape index (κ3) is 3.69. The second kappa shape index (κ2) is 8.92. The van der Waals surface area contributed by atoms with Crippen LogP contribution < -0.4 is 0 Å². The van der Waals surface area contributed by atoms with Gasteiger partial charge in [-0.15, -0.1) is 0 Å². The number of ether oxygens (including phenoxy) is 1. The predicted octanol–water partition coefficient (Wildman–Crippen LogP) is 2.18. The van der Waals surface area contributed by atoms with Gasteiger partial charge in [-0.05, 0) is 30.7 Å². The van der Waals surface area contributed by atoms with Crippen molar-refractivity contribution in [2.75, 3.05) is 13.2 Å². The topological polar surface area (TPSA) is 125 Å². The van der Waals surface area contributed by atoms with Crippen molar-refractivity contribution in [1.29, 1.82) is 0 Å². The number of imidazole rings is 1. The first-order valence-electron chi connectivity index (χ1n) is 10.8. The summed E-state index contributed by atoms with van der Waals surface area (Å²) in [6.45, 7) is -0.296. The van der Waals surface area contributed by atoms with E-state index >= 15 is 0 Å². The van der Waals surface area contributed by atoms with Gasteiger partial charge in [-0.25, -0.2) is 4.98 Å². The summed E-state index contributed by atoms with van der Waals surface area (Å²) in [7, 11) is 0. The van der Waals surface area contributed by atoms with Gasteiger partial charge in [0.25, 0.3) is 11.8 Å². The number of benzene rings is 2. The summed E-state index contributed by atoms with van der Waals surface area (Å²) >= 11 is 12.4. The van der Waals surface area contributed by atoms with Gasteiger partial charge in [0.1, 0.15) is 24.1 Å². The molecule has 2 amide bonds. The van der Waals surface area contributed by atoms with E-state index in [0.29, 0.717) is 45.8 Å². The Labute approximate surface area is 204 Å². The van der Waals surface area contributed by atoms with Crippen molar-refractivity contribution >= 4 is 46.0 Å². The number of halogens is 2. The van der Waals surface area contributed by atoms with Gasteiger partial charge in [-0.1, -0.05) is 35.3 Å². The van der Waals surface area contributed by atoms with Crippen molar-refractivity contribution in [2.45, 2.75) is 37.4 Å². The molecule has 1 fully saturated rings. The zero-order valence-electron chi connectivity index (χ0n) is 17.8. The second-order valence-corrected chi connectivity index (χ2v) is 9.11. The van der Waals surface area contributed by atoms with Gasteiger partial charge in [0.2, 0.25) is 0 Å². The minimum absolute atomic E-state index is 0.174. The molecule has 1 saturated heterocycles.